The lowest BCUT2D eigenvalue weighted by Gasteiger charge is -2.22. The zero-order valence-electron chi connectivity index (χ0n) is 10.8. The molecule has 2 aliphatic rings. The third-order valence-corrected chi connectivity index (χ3v) is 4.03. The lowest BCUT2D eigenvalue weighted by atomic mass is 9.93. The van der Waals surface area contributed by atoms with Crippen LogP contribution in [0.1, 0.15) is 19.8 Å². The minimum Gasteiger partial charge on any atom is -0.395 e. The van der Waals surface area contributed by atoms with E-state index >= 15 is 0 Å². The van der Waals surface area contributed by atoms with Crippen LogP contribution in [0.15, 0.2) is 0 Å². The highest BCUT2D eigenvalue weighted by molar-refractivity contribution is 5.20. The maximum atomic E-state index is 10.1. The smallest absolute Gasteiger partial charge is 0.373 e. The van der Waals surface area contributed by atoms with Gasteiger partial charge in [-0.05, 0) is 12.3 Å². The van der Waals surface area contributed by atoms with Crippen molar-refractivity contribution in [2.75, 3.05) is 13.2 Å². The molecule has 0 unspecified atom stereocenters. The second-order valence-electron chi connectivity index (χ2n) is 5.04. The van der Waals surface area contributed by atoms with Crippen LogP contribution in [0.4, 0.5) is 0 Å². The molecule has 0 bridgehead atoms. The normalized spacial score (nSPS) is 41.3. The Morgan fingerprint density at radius 1 is 1.16 bits per heavy atom. The molecule has 0 aliphatic carbocycles. The summed E-state index contributed by atoms with van der Waals surface area (Å²) in [5.74, 6) is 0.145. The summed E-state index contributed by atoms with van der Waals surface area (Å²) in [4.78, 5) is 18.1. The summed E-state index contributed by atoms with van der Waals surface area (Å²) in [6.45, 7) is 2.53. The van der Waals surface area contributed by atoms with Crippen molar-refractivity contribution in [3.8, 4) is 0 Å². The molecule has 0 aromatic carbocycles. The first-order chi connectivity index (χ1) is 9.03. The number of nitrogens with zero attached hydrogens (tertiary/aromatic N) is 1. The van der Waals surface area contributed by atoms with Crippen molar-refractivity contribution in [1.82, 2.24) is 4.90 Å². The van der Waals surface area contributed by atoms with Crippen molar-refractivity contribution in [1.29, 1.82) is 0 Å². The quantitative estimate of drug-likeness (QED) is 0.468. The molecule has 0 aromatic heterocycles. The molecule has 6 atom stereocenters. The predicted octanol–water partition coefficient (Wildman–Crippen LogP) is -2.04. The van der Waals surface area contributed by atoms with Gasteiger partial charge in [-0.25, -0.2) is 0 Å². The Morgan fingerprint density at radius 2 is 1.74 bits per heavy atom. The average molecular weight is 275 g/mol. The van der Waals surface area contributed by atoms with Crippen LogP contribution in [0.3, 0.4) is 0 Å². The predicted molar refractivity (Wildman–Crippen MR) is 62.8 cm³/mol. The van der Waals surface area contributed by atoms with Crippen LogP contribution in [0.25, 0.3) is 0 Å². The Hall–Kier alpha value is -0.820. The van der Waals surface area contributed by atoms with E-state index in [-0.39, 0.29) is 18.7 Å². The van der Waals surface area contributed by atoms with Gasteiger partial charge >= 0.3 is 6.15 Å². The van der Waals surface area contributed by atoms with Crippen LogP contribution < -0.4 is 0 Å². The Bertz CT molecular complexity index is 319. The SMILES string of the molecule is CCC[C@H]1CN2[C@H]([C@@H]1O)[C@@H](O)[C@H](O)[C@H]2CO.O=C=O. The fourth-order valence-electron chi connectivity index (χ4n) is 3.20. The van der Waals surface area contributed by atoms with Crippen LogP contribution >= 0.6 is 0 Å². The van der Waals surface area contributed by atoms with Crippen molar-refractivity contribution in [2.24, 2.45) is 5.92 Å². The molecule has 0 saturated carbocycles. The summed E-state index contributed by atoms with van der Waals surface area (Å²) in [7, 11) is 0. The van der Waals surface area contributed by atoms with E-state index < -0.39 is 30.4 Å². The van der Waals surface area contributed by atoms with E-state index in [4.69, 9.17) is 9.59 Å². The lowest BCUT2D eigenvalue weighted by molar-refractivity contribution is -0.191. The molecular formula is C12H21NO6. The van der Waals surface area contributed by atoms with Crippen LogP contribution in [0.2, 0.25) is 0 Å². The van der Waals surface area contributed by atoms with Crippen molar-refractivity contribution >= 4 is 6.15 Å². The highest BCUT2D eigenvalue weighted by Gasteiger charge is 2.55. The minimum absolute atomic E-state index is 0.145. The molecule has 110 valence electrons. The highest BCUT2D eigenvalue weighted by atomic mass is 16.3. The zero-order chi connectivity index (χ0) is 14.6. The van der Waals surface area contributed by atoms with Gasteiger partial charge in [-0.3, -0.25) is 4.90 Å². The molecule has 2 fully saturated rings. The Morgan fingerprint density at radius 3 is 2.21 bits per heavy atom. The van der Waals surface area contributed by atoms with E-state index in [1.807, 2.05) is 4.90 Å². The van der Waals surface area contributed by atoms with Crippen molar-refractivity contribution in [2.45, 2.75) is 50.2 Å². The van der Waals surface area contributed by atoms with E-state index in [2.05, 4.69) is 6.92 Å². The average Bonchev–Trinajstić information content (AvgIpc) is 2.80. The minimum atomic E-state index is -0.952. The van der Waals surface area contributed by atoms with Gasteiger partial charge < -0.3 is 20.4 Å². The van der Waals surface area contributed by atoms with Gasteiger partial charge in [0.1, 0.15) is 0 Å². The summed E-state index contributed by atoms with van der Waals surface area (Å²) in [5, 5.41) is 38.9. The first-order valence-corrected chi connectivity index (χ1v) is 6.43. The van der Waals surface area contributed by atoms with Gasteiger partial charge in [-0.1, -0.05) is 13.3 Å². The molecule has 2 rings (SSSR count). The van der Waals surface area contributed by atoms with E-state index in [0.29, 0.717) is 6.54 Å². The van der Waals surface area contributed by atoms with Crippen LogP contribution in [0.5, 0.6) is 0 Å². The van der Waals surface area contributed by atoms with Crippen LogP contribution in [-0.2, 0) is 9.59 Å². The van der Waals surface area contributed by atoms with E-state index in [1.165, 1.54) is 0 Å². The monoisotopic (exact) mass is 275 g/mol. The molecular weight excluding hydrogens is 254 g/mol. The molecule has 0 spiro atoms. The molecule has 0 radical (unpaired) electrons. The summed E-state index contributed by atoms with van der Waals surface area (Å²) >= 11 is 0. The Kier molecular flexibility index (Phi) is 6.06. The van der Waals surface area contributed by atoms with Crippen LogP contribution in [-0.4, -0.2) is 75.0 Å². The highest BCUT2D eigenvalue weighted by Crippen LogP contribution is 2.37. The molecule has 7 nitrogen and oxygen atoms in total. The fraction of sp³-hybridized carbons (Fsp3) is 0.917. The number of hydrogen-bond acceptors (Lipinski definition) is 7. The molecule has 2 heterocycles. The molecule has 7 heteroatoms. The summed E-state index contributed by atoms with van der Waals surface area (Å²) in [6.07, 6.45) is -0.345. The lowest BCUT2D eigenvalue weighted by Crippen LogP contribution is -2.40. The largest absolute Gasteiger partial charge is 0.395 e. The molecule has 0 amide bonds. The number of aliphatic hydroxyl groups is 4. The maximum absolute atomic E-state index is 10.1. The van der Waals surface area contributed by atoms with Crippen molar-refractivity contribution < 1.29 is 30.0 Å². The van der Waals surface area contributed by atoms with E-state index in [0.717, 1.165) is 12.8 Å². The molecule has 2 saturated heterocycles. The Labute approximate surface area is 111 Å². The van der Waals surface area contributed by atoms with Gasteiger partial charge in [-0.15, -0.1) is 0 Å². The van der Waals surface area contributed by atoms with Gasteiger partial charge in [0.25, 0.3) is 0 Å². The van der Waals surface area contributed by atoms with Crippen molar-refractivity contribution in [3.05, 3.63) is 0 Å². The van der Waals surface area contributed by atoms with Gasteiger partial charge in [0.2, 0.25) is 0 Å². The van der Waals surface area contributed by atoms with Crippen molar-refractivity contribution in [3.63, 3.8) is 0 Å². The van der Waals surface area contributed by atoms with Gasteiger partial charge in [0, 0.05) is 6.54 Å². The first kappa shape index (κ1) is 16.2. The number of carbonyl (C=O) groups excluding carboxylic acids is 2. The number of hydrogen-bond donors (Lipinski definition) is 4. The maximum Gasteiger partial charge on any atom is 0.373 e. The second-order valence-corrected chi connectivity index (χ2v) is 5.04. The third kappa shape index (κ3) is 3.02. The van der Waals surface area contributed by atoms with Crippen LogP contribution in [0, 0.1) is 5.92 Å². The molecule has 2 aliphatic heterocycles. The first-order valence-electron chi connectivity index (χ1n) is 6.43. The number of rotatable bonds is 3. The summed E-state index contributed by atoms with van der Waals surface area (Å²) < 4.78 is 0. The number of aliphatic hydroxyl groups excluding tert-OH is 4. The molecule has 0 aromatic rings. The standard InChI is InChI=1S/C11H21NO4.CO2/c1-2-3-6-4-12-7(5-13)10(15)11(16)8(12)9(6)14;2-1-3/h6-11,13-16H,2-5H2,1H3;/t6-,7+,8+,9+,10+,11+;/m0./s1. The summed E-state index contributed by atoms with van der Waals surface area (Å²) in [5.41, 5.74) is 0. The van der Waals surface area contributed by atoms with Gasteiger partial charge in [-0.2, -0.15) is 9.59 Å². The fourth-order valence-corrected chi connectivity index (χ4v) is 3.20. The summed E-state index contributed by atoms with van der Waals surface area (Å²) in [6, 6.07) is -0.847. The van der Waals surface area contributed by atoms with Gasteiger partial charge in [0.05, 0.1) is 37.0 Å². The zero-order valence-corrected chi connectivity index (χ0v) is 10.8. The topological polar surface area (TPSA) is 118 Å². The Balaban J connectivity index is 0.000000550. The van der Waals surface area contributed by atoms with E-state index in [1.54, 1.807) is 0 Å². The van der Waals surface area contributed by atoms with E-state index in [9.17, 15) is 20.4 Å². The van der Waals surface area contributed by atoms with Gasteiger partial charge in [0.15, 0.2) is 0 Å². The number of fused-ring (bicyclic) bond motifs is 1. The third-order valence-electron chi connectivity index (χ3n) is 4.03. The molecule has 4 N–H and O–H groups in total. The molecule has 19 heavy (non-hydrogen) atoms. The second kappa shape index (κ2) is 7.09.